The van der Waals surface area contributed by atoms with Gasteiger partial charge >= 0.3 is 0 Å². The summed E-state index contributed by atoms with van der Waals surface area (Å²) in [5.41, 5.74) is 2.99. The molecule has 1 aliphatic carbocycles. The highest BCUT2D eigenvalue weighted by atomic mass is 32.2. The van der Waals surface area contributed by atoms with Gasteiger partial charge in [-0.3, -0.25) is 14.3 Å². The second kappa shape index (κ2) is 10.9. The molecule has 4 aromatic rings. The van der Waals surface area contributed by atoms with Crippen LogP contribution in [0.15, 0.2) is 101 Å². The minimum absolute atomic E-state index is 0.00913. The normalized spacial score (nSPS) is 13.0. The van der Waals surface area contributed by atoms with Crippen molar-refractivity contribution in [1.29, 1.82) is 0 Å². The molecule has 0 radical (unpaired) electrons. The Balaban J connectivity index is 1.27. The summed E-state index contributed by atoms with van der Waals surface area (Å²) in [7, 11) is -4.27. The van der Waals surface area contributed by atoms with Gasteiger partial charge in [0.15, 0.2) is 11.6 Å². The van der Waals surface area contributed by atoms with E-state index < -0.39 is 27.4 Å². The van der Waals surface area contributed by atoms with Gasteiger partial charge in [0.1, 0.15) is 17.5 Å². The number of benzene rings is 4. The van der Waals surface area contributed by atoms with Crippen LogP contribution in [-0.4, -0.2) is 20.0 Å². The molecule has 1 N–H and O–H groups in total. The molecule has 0 aromatic heterocycles. The third-order valence-electron chi connectivity index (χ3n) is 6.59. The van der Waals surface area contributed by atoms with Crippen LogP contribution in [0.3, 0.4) is 0 Å². The Labute approximate surface area is 229 Å². The van der Waals surface area contributed by atoms with Crippen LogP contribution in [0.25, 0.3) is 11.1 Å². The number of anilines is 1. The molecular weight excluding hydrogens is 539 g/mol. The van der Waals surface area contributed by atoms with Crippen molar-refractivity contribution in [3.63, 3.8) is 0 Å². The van der Waals surface area contributed by atoms with Crippen molar-refractivity contribution in [2.45, 2.75) is 24.2 Å². The van der Waals surface area contributed by atoms with Crippen LogP contribution in [0.2, 0.25) is 0 Å². The lowest BCUT2D eigenvalue weighted by atomic mass is 9.87. The number of ketones is 2. The van der Waals surface area contributed by atoms with Crippen LogP contribution in [0.5, 0.6) is 0 Å². The lowest BCUT2D eigenvalue weighted by molar-refractivity contribution is -0.115. The van der Waals surface area contributed by atoms with Crippen molar-refractivity contribution in [2.75, 3.05) is 4.72 Å². The summed E-state index contributed by atoms with van der Waals surface area (Å²) in [6.07, 6.45) is 2.29. The van der Waals surface area contributed by atoms with Crippen LogP contribution < -0.4 is 4.72 Å². The second-order valence-electron chi connectivity index (χ2n) is 9.36. The van der Waals surface area contributed by atoms with Gasteiger partial charge < -0.3 is 0 Å². The third-order valence-corrected chi connectivity index (χ3v) is 7.97. The van der Waals surface area contributed by atoms with Crippen LogP contribution in [0, 0.1) is 17.5 Å². The van der Waals surface area contributed by atoms with E-state index in [-0.39, 0.29) is 46.2 Å². The van der Waals surface area contributed by atoms with Crippen molar-refractivity contribution in [3.8, 4) is 11.1 Å². The van der Waals surface area contributed by atoms with Gasteiger partial charge in [-0.1, -0.05) is 48.5 Å². The van der Waals surface area contributed by atoms with Crippen molar-refractivity contribution < 1.29 is 31.2 Å². The van der Waals surface area contributed by atoms with Gasteiger partial charge in [0.25, 0.3) is 10.0 Å². The number of carbonyl (C=O) groups excluding carboxylic acids is 2. The van der Waals surface area contributed by atoms with E-state index in [1.54, 1.807) is 18.2 Å². The summed E-state index contributed by atoms with van der Waals surface area (Å²) in [6.45, 7) is 0. The lowest BCUT2D eigenvalue weighted by Gasteiger charge is -2.17. The zero-order valence-electron chi connectivity index (χ0n) is 21.0. The van der Waals surface area contributed by atoms with Crippen molar-refractivity contribution >= 4 is 27.3 Å². The molecule has 0 amide bonds. The predicted octanol–water partition coefficient (Wildman–Crippen LogP) is 6.44. The first-order valence-electron chi connectivity index (χ1n) is 12.3. The van der Waals surface area contributed by atoms with Crippen LogP contribution in [0.4, 0.5) is 18.9 Å². The number of Topliss-reactive ketones (excluding diaryl/α,β-unsaturated/α-hetero) is 2. The fraction of sp³-hybridized carbons (Fsp3) is 0.0968. The van der Waals surface area contributed by atoms with E-state index in [0.29, 0.717) is 18.1 Å². The number of rotatable bonds is 8. The van der Waals surface area contributed by atoms with E-state index >= 15 is 0 Å². The maximum atomic E-state index is 13.5. The fourth-order valence-electron chi connectivity index (χ4n) is 4.53. The SMILES string of the molecule is O=C(CCc1ccc(-c2ccc(F)cc2)cc1)C1=CCc2ccc(S(=O)(=O)Nc3cc(F)cc(F)c3)cc2C1=O. The van der Waals surface area contributed by atoms with E-state index in [2.05, 4.69) is 4.72 Å². The van der Waals surface area contributed by atoms with E-state index in [0.717, 1.165) is 28.8 Å². The number of halogens is 3. The molecule has 4 aromatic carbocycles. The quantitative estimate of drug-likeness (QED) is 0.251. The van der Waals surface area contributed by atoms with Gasteiger partial charge in [-0.2, -0.15) is 0 Å². The molecule has 0 saturated carbocycles. The van der Waals surface area contributed by atoms with Crippen molar-refractivity contribution in [3.05, 3.63) is 131 Å². The number of fused-ring (bicyclic) bond motifs is 1. The topological polar surface area (TPSA) is 80.3 Å². The monoisotopic (exact) mass is 561 g/mol. The molecule has 40 heavy (non-hydrogen) atoms. The zero-order chi connectivity index (χ0) is 28.4. The van der Waals surface area contributed by atoms with Gasteiger partial charge in [-0.05, 0) is 71.5 Å². The Bertz CT molecular complexity index is 1740. The average Bonchev–Trinajstić information content (AvgIpc) is 2.92. The molecule has 202 valence electrons. The Morgan fingerprint density at radius 1 is 0.775 bits per heavy atom. The summed E-state index contributed by atoms with van der Waals surface area (Å²) in [5.74, 6) is -3.15. The van der Waals surface area contributed by atoms with Gasteiger partial charge in [0.05, 0.1) is 16.2 Å². The number of hydrogen-bond donors (Lipinski definition) is 1. The van der Waals surface area contributed by atoms with Crippen LogP contribution in [-0.2, 0) is 27.7 Å². The lowest BCUT2D eigenvalue weighted by Crippen LogP contribution is -2.21. The summed E-state index contributed by atoms with van der Waals surface area (Å²) in [6, 6.07) is 19.8. The Morgan fingerprint density at radius 3 is 2.05 bits per heavy atom. The molecule has 0 aliphatic heterocycles. The van der Waals surface area contributed by atoms with Gasteiger partial charge in [-0.15, -0.1) is 0 Å². The summed E-state index contributed by atoms with van der Waals surface area (Å²) >= 11 is 0. The standard InChI is InChI=1S/C31H22F3NO4S/c32-23-10-6-21(7-11-23)20-4-1-19(2-5-20)3-14-30(36)28-13-9-22-8-12-27(18-29(22)31(28)37)40(38,39)35-26-16-24(33)15-25(34)17-26/h1-2,4-8,10-13,15-18,35H,3,9,14H2. The molecule has 0 bridgehead atoms. The number of aryl methyl sites for hydroxylation is 1. The van der Waals surface area contributed by atoms with E-state index in [4.69, 9.17) is 0 Å². The fourth-order valence-corrected chi connectivity index (χ4v) is 5.59. The first-order valence-corrected chi connectivity index (χ1v) is 13.8. The van der Waals surface area contributed by atoms with E-state index in [9.17, 15) is 31.2 Å². The maximum absolute atomic E-state index is 13.5. The second-order valence-corrected chi connectivity index (χ2v) is 11.0. The molecule has 0 saturated heterocycles. The molecule has 5 rings (SSSR count). The molecule has 1 aliphatic rings. The van der Waals surface area contributed by atoms with Crippen molar-refractivity contribution in [2.24, 2.45) is 0 Å². The van der Waals surface area contributed by atoms with Crippen LogP contribution >= 0.6 is 0 Å². The predicted molar refractivity (Wildman–Crippen MR) is 145 cm³/mol. The highest BCUT2D eigenvalue weighted by Gasteiger charge is 2.27. The molecular formula is C31H22F3NO4S. The van der Waals surface area contributed by atoms with Gasteiger partial charge in [0, 0.05) is 18.1 Å². The third kappa shape index (κ3) is 5.89. The summed E-state index contributed by atoms with van der Waals surface area (Å²) in [5, 5.41) is 0. The molecule has 0 heterocycles. The highest BCUT2D eigenvalue weighted by Crippen LogP contribution is 2.27. The minimum atomic E-state index is -4.27. The average molecular weight is 562 g/mol. The summed E-state index contributed by atoms with van der Waals surface area (Å²) in [4.78, 5) is 25.9. The van der Waals surface area contributed by atoms with E-state index in [1.807, 2.05) is 24.3 Å². The van der Waals surface area contributed by atoms with Gasteiger partial charge in [-0.25, -0.2) is 21.6 Å². The van der Waals surface area contributed by atoms with Gasteiger partial charge in [0.2, 0.25) is 0 Å². The van der Waals surface area contributed by atoms with Crippen LogP contribution in [0.1, 0.15) is 27.9 Å². The Morgan fingerprint density at radius 2 is 1.40 bits per heavy atom. The molecule has 9 heteroatoms. The number of sulfonamides is 1. The molecule has 0 fully saturated rings. The zero-order valence-corrected chi connectivity index (χ0v) is 21.8. The largest absolute Gasteiger partial charge is 0.294 e. The van der Waals surface area contributed by atoms with Crippen molar-refractivity contribution in [1.82, 2.24) is 0 Å². The number of nitrogens with one attached hydrogen (secondary N) is 1. The number of allylic oxidation sites excluding steroid dienone is 2. The van der Waals surface area contributed by atoms with E-state index in [1.165, 1.54) is 30.3 Å². The smallest absolute Gasteiger partial charge is 0.261 e. The summed E-state index contributed by atoms with van der Waals surface area (Å²) < 4.78 is 68.0. The Kier molecular flexibility index (Phi) is 7.40. The molecule has 5 nitrogen and oxygen atoms in total. The molecule has 0 atom stereocenters. The first kappa shape index (κ1) is 27.1. The first-order chi connectivity index (χ1) is 19.1. The Hall–Kier alpha value is -4.50. The molecule has 0 spiro atoms. The minimum Gasteiger partial charge on any atom is -0.294 e. The number of carbonyl (C=O) groups is 2. The molecule has 0 unspecified atom stereocenters. The maximum Gasteiger partial charge on any atom is 0.261 e. The number of hydrogen-bond acceptors (Lipinski definition) is 4. The highest BCUT2D eigenvalue weighted by molar-refractivity contribution is 7.92.